The Hall–Kier alpha value is -1.27. The molecule has 6 heteroatoms. The maximum atomic E-state index is 13.0. The van der Waals surface area contributed by atoms with E-state index in [4.69, 9.17) is 0 Å². The average molecular weight is 341 g/mol. The molecule has 0 saturated heterocycles. The van der Waals surface area contributed by atoms with Gasteiger partial charge in [0.15, 0.2) is 0 Å². The summed E-state index contributed by atoms with van der Waals surface area (Å²) in [4.78, 5) is 4.18. The Bertz CT molecular complexity index is 580. The van der Waals surface area contributed by atoms with Crippen molar-refractivity contribution in [3.05, 3.63) is 45.7 Å². The highest BCUT2D eigenvalue weighted by Gasteiger charge is 2.18. The standard InChI is InChI=1S/C14H18BrFN4/c1-4-17-12(11-6-5-10(16)8-18-11)7-13-14(15)9(2)19-20(13)3/h5-6,8,12,17H,4,7H2,1-3H3. The van der Waals surface area contributed by atoms with Crippen molar-refractivity contribution in [2.45, 2.75) is 26.3 Å². The van der Waals surface area contributed by atoms with Crippen LogP contribution in [0.5, 0.6) is 0 Å². The zero-order chi connectivity index (χ0) is 14.7. The van der Waals surface area contributed by atoms with E-state index in [-0.39, 0.29) is 11.9 Å². The summed E-state index contributed by atoms with van der Waals surface area (Å²) in [5, 5.41) is 7.78. The first-order valence-electron chi connectivity index (χ1n) is 6.55. The number of hydrogen-bond donors (Lipinski definition) is 1. The molecule has 4 nitrogen and oxygen atoms in total. The molecule has 0 aliphatic heterocycles. The molecule has 0 aliphatic carbocycles. The molecule has 0 spiro atoms. The molecular formula is C14H18BrFN4. The van der Waals surface area contributed by atoms with Crippen LogP contribution in [0.3, 0.4) is 0 Å². The molecule has 2 aromatic rings. The summed E-state index contributed by atoms with van der Waals surface area (Å²) in [6.07, 6.45) is 1.99. The van der Waals surface area contributed by atoms with Gasteiger partial charge in [0.2, 0.25) is 0 Å². The van der Waals surface area contributed by atoms with Crippen LogP contribution in [0.25, 0.3) is 0 Å². The van der Waals surface area contributed by atoms with Crippen molar-refractivity contribution in [1.82, 2.24) is 20.1 Å². The minimum absolute atomic E-state index is 0.0340. The zero-order valence-electron chi connectivity index (χ0n) is 11.8. The fourth-order valence-electron chi connectivity index (χ4n) is 2.22. The van der Waals surface area contributed by atoms with Crippen molar-refractivity contribution < 1.29 is 4.39 Å². The summed E-state index contributed by atoms with van der Waals surface area (Å²) >= 11 is 3.57. The predicted octanol–water partition coefficient (Wildman–Crippen LogP) is 2.92. The van der Waals surface area contributed by atoms with Crippen molar-refractivity contribution in [2.75, 3.05) is 6.54 Å². The molecule has 108 valence electrons. The monoisotopic (exact) mass is 340 g/mol. The fraction of sp³-hybridized carbons (Fsp3) is 0.429. The smallest absolute Gasteiger partial charge is 0.141 e. The van der Waals surface area contributed by atoms with Crippen molar-refractivity contribution in [1.29, 1.82) is 0 Å². The Balaban J connectivity index is 2.27. The molecule has 2 rings (SSSR count). The van der Waals surface area contributed by atoms with Crippen LogP contribution in [0.2, 0.25) is 0 Å². The van der Waals surface area contributed by atoms with E-state index in [1.165, 1.54) is 12.3 Å². The molecule has 0 radical (unpaired) electrons. The van der Waals surface area contributed by atoms with E-state index < -0.39 is 0 Å². The molecule has 0 fully saturated rings. The van der Waals surface area contributed by atoms with E-state index in [0.717, 1.165) is 34.5 Å². The Morgan fingerprint density at radius 3 is 2.70 bits per heavy atom. The number of nitrogens with one attached hydrogen (secondary N) is 1. The van der Waals surface area contributed by atoms with Crippen molar-refractivity contribution in [3.63, 3.8) is 0 Å². The maximum Gasteiger partial charge on any atom is 0.141 e. The molecule has 0 aromatic carbocycles. The van der Waals surface area contributed by atoms with E-state index in [9.17, 15) is 4.39 Å². The topological polar surface area (TPSA) is 42.7 Å². The number of halogens is 2. The van der Waals surface area contributed by atoms with Crippen LogP contribution in [-0.2, 0) is 13.5 Å². The minimum atomic E-state index is -0.318. The van der Waals surface area contributed by atoms with Crippen LogP contribution < -0.4 is 5.32 Å². The van der Waals surface area contributed by atoms with Gasteiger partial charge in [0.25, 0.3) is 0 Å². The molecule has 20 heavy (non-hydrogen) atoms. The third-order valence-electron chi connectivity index (χ3n) is 3.22. The van der Waals surface area contributed by atoms with Gasteiger partial charge in [0.05, 0.1) is 33.8 Å². The van der Waals surface area contributed by atoms with Crippen LogP contribution in [0.15, 0.2) is 22.8 Å². The molecule has 1 N–H and O–H groups in total. The maximum absolute atomic E-state index is 13.0. The summed E-state index contributed by atoms with van der Waals surface area (Å²) in [7, 11) is 1.92. The summed E-state index contributed by atoms with van der Waals surface area (Å²) in [6.45, 7) is 4.82. The highest BCUT2D eigenvalue weighted by atomic mass is 79.9. The van der Waals surface area contributed by atoms with Crippen LogP contribution in [0, 0.1) is 12.7 Å². The summed E-state index contributed by atoms with van der Waals surface area (Å²) < 4.78 is 15.9. The lowest BCUT2D eigenvalue weighted by Gasteiger charge is -2.17. The Kier molecular flexibility index (Phi) is 4.88. The lowest BCUT2D eigenvalue weighted by molar-refractivity contribution is 0.513. The first-order valence-corrected chi connectivity index (χ1v) is 7.35. The van der Waals surface area contributed by atoms with Crippen LogP contribution in [0.4, 0.5) is 4.39 Å². The Labute approximate surface area is 126 Å². The molecule has 1 atom stereocenters. The van der Waals surface area contributed by atoms with Gasteiger partial charge >= 0.3 is 0 Å². The Morgan fingerprint density at radius 2 is 2.20 bits per heavy atom. The molecule has 0 bridgehead atoms. The van der Waals surface area contributed by atoms with Gasteiger partial charge in [0.1, 0.15) is 5.82 Å². The van der Waals surface area contributed by atoms with Gasteiger partial charge in [-0.15, -0.1) is 0 Å². The van der Waals surface area contributed by atoms with E-state index in [1.807, 2.05) is 25.6 Å². The van der Waals surface area contributed by atoms with Crippen molar-refractivity contribution in [3.8, 4) is 0 Å². The van der Waals surface area contributed by atoms with Gasteiger partial charge in [0, 0.05) is 13.5 Å². The van der Waals surface area contributed by atoms with E-state index >= 15 is 0 Å². The average Bonchev–Trinajstić information content (AvgIpc) is 2.65. The number of pyridine rings is 1. The predicted molar refractivity (Wildman–Crippen MR) is 80.0 cm³/mol. The summed E-state index contributed by atoms with van der Waals surface area (Å²) in [6, 6.07) is 3.20. The summed E-state index contributed by atoms with van der Waals surface area (Å²) in [5.41, 5.74) is 2.89. The SMILES string of the molecule is CCNC(Cc1c(Br)c(C)nn1C)c1ccc(F)cn1. The van der Waals surface area contributed by atoms with Gasteiger partial charge in [-0.05, 0) is 41.5 Å². The molecular weight excluding hydrogens is 323 g/mol. The van der Waals surface area contributed by atoms with Crippen LogP contribution in [-0.4, -0.2) is 21.3 Å². The molecule has 0 aliphatic rings. The van der Waals surface area contributed by atoms with Gasteiger partial charge in [-0.25, -0.2) is 4.39 Å². The molecule has 1 unspecified atom stereocenters. The number of likely N-dealkylation sites (N-methyl/N-ethyl adjacent to an activating group) is 1. The second-order valence-corrected chi connectivity index (χ2v) is 5.48. The van der Waals surface area contributed by atoms with E-state index in [0.29, 0.717) is 0 Å². The lowest BCUT2D eigenvalue weighted by Crippen LogP contribution is -2.25. The van der Waals surface area contributed by atoms with Gasteiger partial charge in [-0.1, -0.05) is 6.92 Å². The van der Waals surface area contributed by atoms with Gasteiger partial charge < -0.3 is 5.32 Å². The number of aryl methyl sites for hydroxylation is 2. The largest absolute Gasteiger partial charge is 0.309 e. The second kappa shape index (κ2) is 6.45. The lowest BCUT2D eigenvalue weighted by atomic mass is 10.1. The molecule has 0 amide bonds. The Morgan fingerprint density at radius 1 is 1.45 bits per heavy atom. The third-order valence-corrected chi connectivity index (χ3v) is 4.25. The number of rotatable bonds is 5. The second-order valence-electron chi connectivity index (χ2n) is 4.69. The fourth-order valence-corrected chi connectivity index (χ4v) is 2.71. The van der Waals surface area contributed by atoms with Crippen LogP contribution >= 0.6 is 15.9 Å². The normalized spacial score (nSPS) is 12.7. The number of aromatic nitrogens is 3. The quantitative estimate of drug-likeness (QED) is 0.909. The van der Waals surface area contributed by atoms with Crippen LogP contribution in [0.1, 0.15) is 30.0 Å². The van der Waals surface area contributed by atoms with Gasteiger partial charge in [-0.3, -0.25) is 9.67 Å². The van der Waals surface area contributed by atoms with Crippen molar-refractivity contribution >= 4 is 15.9 Å². The highest BCUT2D eigenvalue weighted by Crippen LogP contribution is 2.25. The molecule has 2 heterocycles. The van der Waals surface area contributed by atoms with Gasteiger partial charge in [-0.2, -0.15) is 5.10 Å². The zero-order valence-corrected chi connectivity index (χ0v) is 13.4. The van der Waals surface area contributed by atoms with Crippen molar-refractivity contribution in [2.24, 2.45) is 7.05 Å². The van der Waals surface area contributed by atoms with E-state index in [1.54, 1.807) is 6.07 Å². The first kappa shape index (κ1) is 15.1. The molecule has 2 aromatic heterocycles. The number of hydrogen-bond acceptors (Lipinski definition) is 3. The van der Waals surface area contributed by atoms with E-state index in [2.05, 4.69) is 31.3 Å². The molecule has 0 saturated carbocycles. The first-order chi connectivity index (χ1) is 9.52. The number of nitrogens with zero attached hydrogens (tertiary/aromatic N) is 3. The third kappa shape index (κ3) is 3.24. The summed E-state index contributed by atoms with van der Waals surface area (Å²) in [5.74, 6) is -0.318. The minimum Gasteiger partial charge on any atom is -0.309 e. The highest BCUT2D eigenvalue weighted by molar-refractivity contribution is 9.10.